The molecule has 2 aliphatic rings. The number of phenolic OH excluding ortho intramolecular Hbond substituents is 1. The molecule has 184 valence electrons. The fourth-order valence-corrected chi connectivity index (χ4v) is 5.62. The molecule has 0 bridgehead atoms. The SMILES string of the molecule is CNC(=O)C[C@@H](N)C(=O)N[C@@H](C(=O)N[C@@H]1C(=O)N2C(C(=O)O)C(C)(C)S[C@H]12)c1ccc(O)cc1. The largest absolute Gasteiger partial charge is 0.508 e. The van der Waals surface area contributed by atoms with E-state index in [9.17, 15) is 34.2 Å². The second kappa shape index (κ2) is 9.50. The lowest BCUT2D eigenvalue weighted by atomic mass is 9.95. The maximum atomic E-state index is 13.2. The average molecular weight is 494 g/mol. The molecule has 34 heavy (non-hydrogen) atoms. The standard InChI is InChI=1S/C21H27N5O7S/c1-21(2)15(20(32)33)26-18(31)14(19(26)34-21)25-17(30)13(9-4-6-10(27)7-5-9)24-16(29)11(22)8-12(28)23-3/h4-7,11,13-15,19,27H,8,22H2,1-3H3,(H,23,28)(H,24,29)(H,25,30)(H,32,33)/t11-,13-,14-,15?,19-/m1/s1. The van der Waals surface area contributed by atoms with Gasteiger partial charge < -0.3 is 36.8 Å². The maximum Gasteiger partial charge on any atom is 0.327 e. The lowest BCUT2D eigenvalue weighted by Gasteiger charge is -2.44. The van der Waals surface area contributed by atoms with Gasteiger partial charge in [0.2, 0.25) is 23.6 Å². The van der Waals surface area contributed by atoms with Crippen LogP contribution in [-0.4, -0.2) is 80.0 Å². The van der Waals surface area contributed by atoms with Gasteiger partial charge >= 0.3 is 5.97 Å². The number of benzene rings is 1. The van der Waals surface area contributed by atoms with Crippen molar-refractivity contribution in [1.29, 1.82) is 0 Å². The van der Waals surface area contributed by atoms with Crippen molar-refractivity contribution in [3.05, 3.63) is 29.8 Å². The number of aromatic hydroxyl groups is 1. The number of aliphatic carboxylic acids is 1. The van der Waals surface area contributed by atoms with E-state index < -0.39 is 63.9 Å². The van der Waals surface area contributed by atoms with Crippen LogP contribution in [0.15, 0.2) is 24.3 Å². The first-order chi connectivity index (χ1) is 15.9. The number of carbonyl (C=O) groups excluding carboxylic acids is 4. The quantitative estimate of drug-likeness (QED) is 0.238. The Kier molecular flexibility index (Phi) is 7.07. The number of hydrogen-bond donors (Lipinski definition) is 6. The van der Waals surface area contributed by atoms with Crippen molar-refractivity contribution in [1.82, 2.24) is 20.9 Å². The highest BCUT2D eigenvalue weighted by Crippen LogP contribution is 2.50. The monoisotopic (exact) mass is 493 g/mol. The average Bonchev–Trinajstić information content (AvgIpc) is 3.03. The second-order valence-corrected chi connectivity index (χ2v) is 10.4. The summed E-state index contributed by atoms with van der Waals surface area (Å²) >= 11 is 1.27. The summed E-state index contributed by atoms with van der Waals surface area (Å²) in [6.45, 7) is 3.43. The molecule has 7 N–H and O–H groups in total. The van der Waals surface area contributed by atoms with Gasteiger partial charge in [0, 0.05) is 11.8 Å². The van der Waals surface area contributed by atoms with Crippen LogP contribution in [0.25, 0.3) is 0 Å². The Morgan fingerprint density at radius 3 is 2.35 bits per heavy atom. The van der Waals surface area contributed by atoms with E-state index in [-0.39, 0.29) is 12.2 Å². The summed E-state index contributed by atoms with van der Waals surface area (Å²) < 4.78 is -0.761. The molecule has 5 atom stereocenters. The molecule has 2 heterocycles. The number of β-lactam (4-membered cyclic amide) rings is 1. The molecule has 1 aromatic rings. The summed E-state index contributed by atoms with van der Waals surface area (Å²) in [5, 5.41) is 26.0. The molecule has 13 heteroatoms. The number of hydrogen-bond acceptors (Lipinski definition) is 8. The molecule has 3 rings (SSSR count). The van der Waals surface area contributed by atoms with Gasteiger partial charge in [-0.05, 0) is 31.5 Å². The lowest BCUT2D eigenvalue weighted by molar-refractivity contribution is -0.161. The third kappa shape index (κ3) is 4.80. The highest BCUT2D eigenvalue weighted by Gasteiger charge is 2.64. The van der Waals surface area contributed by atoms with Crippen molar-refractivity contribution in [3.63, 3.8) is 0 Å². The zero-order valence-corrected chi connectivity index (χ0v) is 19.6. The molecule has 4 amide bonds. The van der Waals surface area contributed by atoms with E-state index in [4.69, 9.17) is 5.73 Å². The smallest absolute Gasteiger partial charge is 0.327 e. The lowest BCUT2D eigenvalue weighted by Crippen LogP contribution is -2.71. The number of carbonyl (C=O) groups is 5. The summed E-state index contributed by atoms with van der Waals surface area (Å²) in [4.78, 5) is 62.9. The number of nitrogens with zero attached hydrogens (tertiary/aromatic N) is 1. The van der Waals surface area contributed by atoms with E-state index in [1.165, 1.54) is 48.0 Å². The molecule has 0 radical (unpaired) electrons. The van der Waals surface area contributed by atoms with Crippen LogP contribution in [0, 0.1) is 0 Å². The van der Waals surface area contributed by atoms with Gasteiger partial charge in [0.1, 0.15) is 29.2 Å². The first-order valence-electron chi connectivity index (χ1n) is 10.5. The van der Waals surface area contributed by atoms with Crippen LogP contribution < -0.4 is 21.7 Å². The van der Waals surface area contributed by atoms with E-state index in [0.29, 0.717) is 5.56 Å². The second-order valence-electron chi connectivity index (χ2n) is 8.60. The number of carboxylic acids is 1. The zero-order valence-electron chi connectivity index (χ0n) is 18.8. The van der Waals surface area contributed by atoms with Crippen molar-refractivity contribution in [3.8, 4) is 5.75 Å². The van der Waals surface area contributed by atoms with Gasteiger partial charge in [-0.15, -0.1) is 11.8 Å². The number of rotatable bonds is 8. The van der Waals surface area contributed by atoms with Crippen LogP contribution in [0.3, 0.4) is 0 Å². The van der Waals surface area contributed by atoms with Gasteiger partial charge in [-0.1, -0.05) is 12.1 Å². The third-order valence-electron chi connectivity index (χ3n) is 5.77. The molecule has 1 aromatic carbocycles. The Hall–Kier alpha value is -3.32. The molecule has 2 fully saturated rings. The minimum atomic E-state index is -1.28. The molecule has 1 unspecified atom stereocenters. The van der Waals surface area contributed by atoms with Crippen LogP contribution in [0.5, 0.6) is 5.75 Å². The van der Waals surface area contributed by atoms with Crippen molar-refractivity contribution in [2.75, 3.05) is 7.05 Å². The van der Waals surface area contributed by atoms with E-state index >= 15 is 0 Å². The normalized spacial score (nSPS) is 24.3. The van der Waals surface area contributed by atoms with Crippen molar-refractivity contribution < 1.29 is 34.2 Å². The van der Waals surface area contributed by atoms with Gasteiger partial charge in [0.05, 0.1) is 12.5 Å². The molecule has 2 saturated heterocycles. The Morgan fingerprint density at radius 2 is 1.79 bits per heavy atom. The number of nitrogens with one attached hydrogen (secondary N) is 3. The molecule has 12 nitrogen and oxygen atoms in total. The van der Waals surface area contributed by atoms with Gasteiger partial charge in [-0.2, -0.15) is 0 Å². The Bertz CT molecular complexity index is 1020. The summed E-state index contributed by atoms with van der Waals surface area (Å²) in [6, 6.07) is 0.997. The highest BCUT2D eigenvalue weighted by atomic mass is 32.2. The minimum absolute atomic E-state index is 0.0559. The van der Waals surface area contributed by atoms with Crippen molar-refractivity contribution in [2.45, 2.75) is 54.6 Å². The van der Waals surface area contributed by atoms with Gasteiger partial charge in [-0.25, -0.2) is 4.79 Å². The van der Waals surface area contributed by atoms with Crippen molar-refractivity contribution >= 4 is 41.4 Å². The predicted molar refractivity (Wildman–Crippen MR) is 121 cm³/mol. The molecule has 2 aliphatic heterocycles. The maximum absolute atomic E-state index is 13.2. The van der Waals surface area contributed by atoms with Gasteiger partial charge in [-0.3, -0.25) is 19.2 Å². The fourth-order valence-electron chi connectivity index (χ4n) is 3.99. The Morgan fingerprint density at radius 1 is 1.18 bits per heavy atom. The van der Waals surface area contributed by atoms with E-state index in [1.54, 1.807) is 13.8 Å². The van der Waals surface area contributed by atoms with Gasteiger partial charge in [0.15, 0.2) is 0 Å². The first kappa shape index (κ1) is 25.3. The number of amides is 4. The summed E-state index contributed by atoms with van der Waals surface area (Å²) in [5.74, 6) is -3.66. The number of nitrogens with two attached hydrogens (primary N) is 1. The number of phenols is 1. The number of fused-ring (bicyclic) bond motifs is 1. The first-order valence-corrected chi connectivity index (χ1v) is 11.3. The molecular formula is C21H27N5O7S. The summed E-state index contributed by atoms with van der Waals surface area (Å²) in [7, 11) is 1.40. The number of carboxylic acid groups (broad SMARTS) is 1. The van der Waals surface area contributed by atoms with Gasteiger partial charge in [0.25, 0.3) is 0 Å². The third-order valence-corrected chi connectivity index (χ3v) is 7.34. The van der Waals surface area contributed by atoms with Crippen LogP contribution in [0.1, 0.15) is 31.9 Å². The van der Waals surface area contributed by atoms with E-state index in [0.717, 1.165) is 0 Å². The van der Waals surface area contributed by atoms with E-state index in [2.05, 4.69) is 16.0 Å². The minimum Gasteiger partial charge on any atom is -0.508 e. The van der Waals surface area contributed by atoms with Crippen molar-refractivity contribution in [2.24, 2.45) is 5.73 Å². The highest BCUT2D eigenvalue weighted by molar-refractivity contribution is 8.01. The fraction of sp³-hybridized carbons (Fsp3) is 0.476. The van der Waals surface area contributed by atoms with E-state index in [1.807, 2.05) is 0 Å². The topological polar surface area (TPSA) is 191 Å². The summed E-state index contributed by atoms with van der Waals surface area (Å²) in [6.07, 6.45) is -0.299. The number of thioether (sulfide) groups is 1. The van der Waals surface area contributed by atoms with Crippen LogP contribution in [0.2, 0.25) is 0 Å². The molecular weight excluding hydrogens is 466 g/mol. The summed E-state index contributed by atoms with van der Waals surface area (Å²) in [5.41, 5.74) is 6.09. The predicted octanol–water partition coefficient (Wildman–Crippen LogP) is -1.36. The molecule has 0 aromatic heterocycles. The Balaban J connectivity index is 1.78. The van der Waals surface area contributed by atoms with Crippen LogP contribution in [-0.2, 0) is 24.0 Å². The van der Waals surface area contributed by atoms with Crippen LogP contribution >= 0.6 is 11.8 Å². The molecule has 0 spiro atoms. The van der Waals surface area contributed by atoms with Crippen LogP contribution in [0.4, 0.5) is 0 Å². The zero-order chi connectivity index (χ0) is 25.4. The molecule has 0 aliphatic carbocycles. The molecule has 0 saturated carbocycles. The Labute approximate surface area is 199 Å².